The molecule has 1 aromatic heterocycles. The summed E-state index contributed by atoms with van der Waals surface area (Å²) >= 11 is 3.18. The average molecular weight is 530 g/mol. The first-order chi connectivity index (χ1) is 15.5. The van der Waals surface area contributed by atoms with E-state index in [4.69, 9.17) is 14.6 Å². The summed E-state index contributed by atoms with van der Waals surface area (Å²) in [7, 11) is 1.16. The predicted molar refractivity (Wildman–Crippen MR) is 110 cm³/mol. The number of phenols is 2. The molecule has 0 saturated carbocycles. The second kappa shape index (κ2) is 9.36. The summed E-state index contributed by atoms with van der Waals surface area (Å²) in [6.07, 6.45) is 0. The lowest BCUT2D eigenvalue weighted by Gasteiger charge is -2.03. The first-order valence-corrected chi connectivity index (χ1v) is 9.56. The van der Waals surface area contributed by atoms with Gasteiger partial charge in [0, 0.05) is 6.07 Å². The minimum absolute atomic E-state index is 0.0402. The smallest absolute Gasteiger partial charge is 0.338 e. The van der Waals surface area contributed by atoms with Crippen molar-refractivity contribution in [3.05, 3.63) is 69.7 Å². The van der Waals surface area contributed by atoms with E-state index < -0.39 is 40.6 Å². The Morgan fingerprint density at radius 1 is 1.00 bits per heavy atom. The van der Waals surface area contributed by atoms with E-state index in [9.17, 15) is 27.5 Å². The van der Waals surface area contributed by atoms with E-state index >= 15 is 0 Å². The summed E-state index contributed by atoms with van der Waals surface area (Å²) in [4.78, 5) is 14.3. The van der Waals surface area contributed by atoms with Crippen LogP contribution < -0.4 is 4.74 Å². The standard InChI is InChI=1S/C13H6BrF2NO3.C8H6F2O3/c14-7-3-5(18)4-8-12(7)20-13(17-8)6-1-2-9(19)11(16)10(6)15;1-13-5-3-2-4(8(11)12)6(9)7(5)10/h1-4,18-19H;2-3H,1H3,(H,11,12). The van der Waals surface area contributed by atoms with Gasteiger partial charge in [0.2, 0.25) is 17.5 Å². The predicted octanol–water partition coefficient (Wildman–Crippen LogP) is 5.62. The van der Waals surface area contributed by atoms with Crippen LogP contribution in [0, 0.1) is 23.3 Å². The van der Waals surface area contributed by atoms with Gasteiger partial charge in [0.1, 0.15) is 11.3 Å². The number of nitrogens with zero attached hydrogens (tertiary/aromatic N) is 1. The van der Waals surface area contributed by atoms with Crippen molar-refractivity contribution in [2.24, 2.45) is 0 Å². The molecular weight excluding hydrogens is 518 g/mol. The lowest BCUT2D eigenvalue weighted by molar-refractivity contribution is 0.0690. The molecule has 0 unspecified atom stereocenters. The fourth-order valence-electron chi connectivity index (χ4n) is 2.65. The van der Waals surface area contributed by atoms with Crippen molar-refractivity contribution in [3.8, 4) is 28.7 Å². The van der Waals surface area contributed by atoms with Crippen LogP contribution >= 0.6 is 15.9 Å². The number of hydrogen-bond donors (Lipinski definition) is 3. The normalized spacial score (nSPS) is 10.6. The molecular formula is C21H12BrF4NO6. The summed E-state index contributed by atoms with van der Waals surface area (Å²) < 4.78 is 63.1. The molecule has 3 aromatic carbocycles. The number of carbonyl (C=O) groups is 1. The van der Waals surface area contributed by atoms with Crippen molar-refractivity contribution in [1.82, 2.24) is 4.98 Å². The topological polar surface area (TPSA) is 113 Å². The van der Waals surface area contributed by atoms with E-state index in [-0.39, 0.29) is 23.0 Å². The third kappa shape index (κ3) is 4.70. The average Bonchev–Trinajstić information content (AvgIpc) is 3.18. The van der Waals surface area contributed by atoms with Crippen LogP contribution in [-0.4, -0.2) is 33.4 Å². The zero-order valence-electron chi connectivity index (χ0n) is 16.4. The third-order valence-corrected chi connectivity index (χ3v) is 4.81. The Morgan fingerprint density at radius 3 is 2.33 bits per heavy atom. The summed E-state index contributed by atoms with van der Waals surface area (Å²) in [6.45, 7) is 0. The summed E-state index contributed by atoms with van der Waals surface area (Å²) in [6, 6.07) is 6.90. The van der Waals surface area contributed by atoms with E-state index in [0.717, 1.165) is 31.4 Å². The number of hydrogen-bond acceptors (Lipinski definition) is 6. The first-order valence-electron chi connectivity index (χ1n) is 8.76. The van der Waals surface area contributed by atoms with Crippen LogP contribution in [0.2, 0.25) is 0 Å². The molecule has 0 bridgehead atoms. The lowest BCUT2D eigenvalue weighted by atomic mass is 10.2. The molecule has 0 aliphatic carbocycles. The minimum Gasteiger partial charge on any atom is -0.508 e. The number of aromatic carboxylic acids is 1. The van der Waals surface area contributed by atoms with Crippen LogP contribution in [-0.2, 0) is 0 Å². The molecule has 7 nitrogen and oxygen atoms in total. The Kier molecular flexibility index (Phi) is 6.77. The molecule has 0 fully saturated rings. The number of aromatic nitrogens is 1. The number of ether oxygens (including phenoxy) is 1. The number of fused-ring (bicyclic) bond motifs is 1. The quantitative estimate of drug-likeness (QED) is 0.295. The van der Waals surface area contributed by atoms with Gasteiger partial charge in [-0.15, -0.1) is 0 Å². The number of benzene rings is 3. The van der Waals surface area contributed by atoms with Gasteiger partial charge in [0.05, 0.1) is 22.7 Å². The van der Waals surface area contributed by atoms with E-state index in [0.29, 0.717) is 15.6 Å². The molecule has 1 heterocycles. The molecule has 0 radical (unpaired) electrons. The molecule has 4 rings (SSSR count). The van der Waals surface area contributed by atoms with Gasteiger partial charge >= 0.3 is 5.97 Å². The maximum absolute atomic E-state index is 13.8. The SMILES string of the molecule is COc1ccc(C(=O)O)c(F)c1F.Oc1cc(Br)c2oc(-c3ccc(O)c(F)c3F)nc2c1. The second-order valence-corrected chi connectivity index (χ2v) is 7.16. The Bertz CT molecular complexity index is 1380. The minimum atomic E-state index is -1.51. The van der Waals surface area contributed by atoms with Crippen molar-refractivity contribution in [1.29, 1.82) is 0 Å². The molecule has 0 amide bonds. The molecule has 12 heteroatoms. The number of carboxylic acids is 1. The van der Waals surface area contributed by atoms with Gasteiger partial charge in [-0.05, 0) is 46.3 Å². The number of halogens is 5. The van der Waals surface area contributed by atoms with Crippen LogP contribution in [0.5, 0.6) is 17.2 Å². The van der Waals surface area contributed by atoms with E-state index in [1.165, 1.54) is 12.1 Å². The zero-order chi connectivity index (χ0) is 24.4. The largest absolute Gasteiger partial charge is 0.508 e. The Labute approximate surface area is 190 Å². The van der Waals surface area contributed by atoms with Crippen molar-refractivity contribution in [2.75, 3.05) is 7.11 Å². The highest BCUT2D eigenvalue weighted by Crippen LogP contribution is 2.35. The van der Waals surface area contributed by atoms with Crippen LogP contribution in [0.25, 0.3) is 22.6 Å². The maximum Gasteiger partial charge on any atom is 0.338 e. The summed E-state index contributed by atoms with van der Waals surface area (Å²) in [5, 5.41) is 26.9. The van der Waals surface area contributed by atoms with Crippen molar-refractivity contribution in [2.45, 2.75) is 0 Å². The number of phenolic OH excluding ortho intramolecular Hbond substituents is 2. The van der Waals surface area contributed by atoms with Gasteiger partial charge < -0.3 is 24.5 Å². The van der Waals surface area contributed by atoms with Crippen LogP contribution in [0.3, 0.4) is 0 Å². The summed E-state index contributed by atoms with van der Waals surface area (Å²) in [5.41, 5.74) is -0.341. The number of oxazole rings is 1. The fourth-order valence-corrected chi connectivity index (χ4v) is 3.17. The van der Waals surface area contributed by atoms with Gasteiger partial charge in [-0.3, -0.25) is 0 Å². The van der Waals surface area contributed by atoms with E-state index in [1.807, 2.05) is 0 Å². The molecule has 33 heavy (non-hydrogen) atoms. The number of carboxylic acid groups (broad SMARTS) is 1. The monoisotopic (exact) mass is 529 g/mol. The van der Waals surface area contributed by atoms with Crippen molar-refractivity contribution in [3.63, 3.8) is 0 Å². The zero-order valence-corrected chi connectivity index (χ0v) is 18.0. The third-order valence-electron chi connectivity index (χ3n) is 4.22. The highest BCUT2D eigenvalue weighted by Gasteiger charge is 2.20. The van der Waals surface area contributed by atoms with Gasteiger partial charge in [0.25, 0.3) is 0 Å². The molecule has 0 aliphatic rings. The maximum atomic E-state index is 13.8. The first kappa shape index (κ1) is 23.9. The van der Waals surface area contributed by atoms with Gasteiger partial charge in [0.15, 0.2) is 28.7 Å². The van der Waals surface area contributed by atoms with Crippen molar-refractivity contribution >= 4 is 33.0 Å². The molecule has 0 atom stereocenters. The highest BCUT2D eigenvalue weighted by molar-refractivity contribution is 9.10. The molecule has 0 spiro atoms. The number of rotatable bonds is 3. The van der Waals surface area contributed by atoms with Crippen LogP contribution in [0.15, 0.2) is 45.3 Å². The van der Waals surface area contributed by atoms with Gasteiger partial charge in [-0.2, -0.15) is 8.78 Å². The Balaban J connectivity index is 0.000000205. The van der Waals surface area contributed by atoms with Crippen LogP contribution in [0.1, 0.15) is 10.4 Å². The number of aromatic hydroxyl groups is 2. The second-order valence-electron chi connectivity index (χ2n) is 6.30. The molecule has 3 N–H and O–H groups in total. The van der Waals surface area contributed by atoms with Crippen LogP contribution in [0.4, 0.5) is 17.6 Å². The van der Waals surface area contributed by atoms with Crippen molar-refractivity contribution < 1.29 is 46.8 Å². The van der Waals surface area contributed by atoms with Gasteiger partial charge in [-0.1, -0.05) is 0 Å². The molecule has 4 aromatic rings. The van der Waals surface area contributed by atoms with E-state index in [2.05, 4.69) is 25.7 Å². The lowest BCUT2D eigenvalue weighted by Crippen LogP contribution is -2.03. The van der Waals surface area contributed by atoms with E-state index in [1.54, 1.807) is 0 Å². The molecule has 0 saturated heterocycles. The Morgan fingerprint density at radius 2 is 1.70 bits per heavy atom. The summed E-state index contributed by atoms with van der Waals surface area (Å²) in [5.74, 6) is -8.13. The van der Waals surface area contributed by atoms with Gasteiger partial charge in [-0.25, -0.2) is 18.6 Å². The fraction of sp³-hybridized carbons (Fsp3) is 0.0476. The highest BCUT2D eigenvalue weighted by atomic mass is 79.9. The molecule has 172 valence electrons. The molecule has 0 aliphatic heterocycles. The number of methoxy groups -OCH3 is 1. The Hall–Kier alpha value is -3.80.